The molecule has 0 bridgehead atoms. The van der Waals surface area contributed by atoms with Crippen LogP contribution in [0.2, 0.25) is 0 Å². The summed E-state index contributed by atoms with van der Waals surface area (Å²) in [5.41, 5.74) is 4.28. The third kappa shape index (κ3) is 3.62. The van der Waals surface area contributed by atoms with Gasteiger partial charge in [0, 0.05) is 10.9 Å². The Balaban J connectivity index is 2.27. The Morgan fingerprint density at radius 3 is 2.35 bits per heavy atom. The van der Waals surface area contributed by atoms with E-state index in [9.17, 15) is 5.11 Å². The monoisotopic (exact) mass is 334 g/mol. The summed E-state index contributed by atoms with van der Waals surface area (Å²) in [7, 11) is 1.65. The van der Waals surface area contributed by atoms with Crippen LogP contribution >= 0.6 is 15.9 Å². The molecule has 20 heavy (non-hydrogen) atoms. The predicted octanol–water partition coefficient (Wildman–Crippen LogP) is 4.35. The van der Waals surface area contributed by atoms with Gasteiger partial charge >= 0.3 is 0 Å². The molecule has 0 radical (unpaired) electrons. The zero-order valence-electron chi connectivity index (χ0n) is 12.0. The highest BCUT2D eigenvalue weighted by Gasteiger charge is 2.13. The number of ether oxygens (including phenoxy) is 1. The number of methoxy groups -OCH3 is 1. The summed E-state index contributed by atoms with van der Waals surface area (Å²) in [4.78, 5) is 0. The van der Waals surface area contributed by atoms with Gasteiger partial charge in [-0.15, -0.1) is 0 Å². The highest BCUT2D eigenvalue weighted by molar-refractivity contribution is 9.10. The average molecular weight is 335 g/mol. The van der Waals surface area contributed by atoms with Gasteiger partial charge in [-0.3, -0.25) is 0 Å². The van der Waals surface area contributed by atoms with E-state index in [1.54, 1.807) is 7.11 Å². The van der Waals surface area contributed by atoms with E-state index in [0.29, 0.717) is 6.42 Å². The van der Waals surface area contributed by atoms with E-state index in [4.69, 9.17) is 4.74 Å². The third-order valence-corrected chi connectivity index (χ3v) is 3.78. The lowest BCUT2D eigenvalue weighted by atomic mass is 9.98. The van der Waals surface area contributed by atoms with Crippen molar-refractivity contribution < 1.29 is 9.84 Å². The van der Waals surface area contributed by atoms with Gasteiger partial charge in [-0.25, -0.2) is 0 Å². The fraction of sp³-hybridized carbons (Fsp3) is 0.294. The van der Waals surface area contributed by atoms with Crippen LogP contribution in [-0.2, 0) is 6.42 Å². The summed E-state index contributed by atoms with van der Waals surface area (Å²) >= 11 is 3.46. The second-order valence-corrected chi connectivity index (χ2v) is 6.01. The van der Waals surface area contributed by atoms with Crippen molar-refractivity contribution in [3.8, 4) is 5.75 Å². The summed E-state index contributed by atoms with van der Waals surface area (Å²) in [5, 5.41) is 10.5. The fourth-order valence-corrected chi connectivity index (χ4v) is 2.84. The molecule has 2 nitrogen and oxygen atoms in total. The zero-order valence-corrected chi connectivity index (χ0v) is 13.6. The van der Waals surface area contributed by atoms with E-state index in [2.05, 4.69) is 22.0 Å². The van der Waals surface area contributed by atoms with Crippen molar-refractivity contribution in [2.45, 2.75) is 26.4 Å². The molecule has 1 atom stereocenters. The normalized spacial score (nSPS) is 12.2. The van der Waals surface area contributed by atoms with Gasteiger partial charge in [0.1, 0.15) is 5.75 Å². The summed E-state index contributed by atoms with van der Waals surface area (Å²) in [5.74, 6) is 0.802. The van der Waals surface area contributed by atoms with Gasteiger partial charge < -0.3 is 9.84 Å². The highest BCUT2D eigenvalue weighted by atomic mass is 79.9. The maximum atomic E-state index is 10.5. The molecule has 3 heteroatoms. The predicted molar refractivity (Wildman–Crippen MR) is 85.3 cm³/mol. The van der Waals surface area contributed by atoms with Crippen molar-refractivity contribution in [3.05, 3.63) is 63.1 Å². The second kappa shape index (κ2) is 6.42. The zero-order chi connectivity index (χ0) is 14.7. The van der Waals surface area contributed by atoms with E-state index in [0.717, 1.165) is 21.3 Å². The largest absolute Gasteiger partial charge is 0.496 e. The molecule has 0 aliphatic heterocycles. The first-order chi connectivity index (χ1) is 9.49. The van der Waals surface area contributed by atoms with E-state index in [1.165, 1.54) is 11.1 Å². The Morgan fingerprint density at radius 1 is 1.10 bits per heavy atom. The topological polar surface area (TPSA) is 29.5 Å². The summed E-state index contributed by atoms with van der Waals surface area (Å²) in [6, 6.07) is 12.0. The molecule has 0 aromatic heterocycles. The van der Waals surface area contributed by atoms with Gasteiger partial charge in [-0.05, 0) is 43.2 Å². The highest BCUT2D eigenvalue weighted by Crippen LogP contribution is 2.28. The molecule has 2 aromatic carbocycles. The molecule has 0 aliphatic rings. The van der Waals surface area contributed by atoms with Crippen LogP contribution in [0, 0.1) is 13.8 Å². The minimum atomic E-state index is -0.531. The number of aliphatic hydroxyl groups is 1. The molecule has 0 fully saturated rings. The van der Waals surface area contributed by atoms with Crippen LogP contribution in [-0.4, -0.2) is 12.2 Å². The first-order valence-corrected chi connectivity index (χ1v) is 7.37. The van der Waals surface area contributed by atoms with Gasteiger partial charge in [-0.2, -0.15) is 0 Å². The van der Waals surface area contributed by atoms with Crippen molar-refractivity contribution in [3.63, 3.8) is 0 Å². The van der Waals surface area contributed by atoms with Crippen LogP contribution in [0.5, 0.6) is 5.75 Å². The molecule has 1 N–H and O–H groups in total. The minimum Gasteiger partial charge on any atom is -0.496 e. The van der Waals surface area contributed by atoms with Crippen LogP contribution in [0.1, 0.15) is 28.4 Å². The number of halogens is 1. The van der Waals surface area contributed by atoms with Crippen LogP contribution < -0.4 is 4.74 Å². The molecule has 106 valence electrons. The summed E-state index contributed by atoms with van der Waals surface area (Å²) in [6.45, 7) is 4.09. The Morgan fingerprint density at radius 2 is 1.75 bits per heavy atom. The van der Waals surface area contributed by atoms with Gasteiger partial charge in [0.25, 0.3) is 0 Å². The van der Waals surface area contributed by atoms with Crippen LogP contribution in [0.25, 0.3) is 0 Å². The van der Waals surface area contributed by atoms with Crippen LogP contribution in [0.15, 0.2) is 40.9 Å². The van der Waals surface area contributed by atoms with Gasteiger partial charge in [0.15, 0.2) is 0 Å². The molecule has 0 spiro atoms. The van der Waals surface area contributed by atoms with Crippen molar-refractivity contribution in [1.29, 1.82) is 0 Å². The minimum absolute atomic E-state index is 0.531. The maximum absolute atomic E-state index is 10.5. The van der Waals surface area contributed by atoms with Gasteiger partial charge in [-0.1, -0.05) is 45.3 Å². The Labute approximate surface area is 128 Å². The van der Waals surface area contributed by atoms with Crippen molar-refractivity contribution in [2.24, 2.45) is 0 Å². The van der Waals surface area contributed by atoms with Crippen molar-refractivity contribution in [1.82, 2.24) is 0 Å². The maximum Gasteiger partial charge on any atom is 0.122 e. The van der Waals surface area contributed by atoms with Crippen LogP contribution in [0.4, 0.5) is 0 Å². The second-order valence-electron chi connectivity index (χ2n) is 5.10. The lowest BCUT2D eigenvalue weighted by Crippen LogP contribution is -2.04. The Bertz CT molecular complexity index is 588. The number of rotatable bonds is 4. The van der Waals surface area contributed by atoms with Crippen molar-refractivity contribution in [2.75, 3.05) is 7.11 Å². The smallest absolute Gasteiger partial charge is 0.122 e. The fourth-order valence-electron chi connectivity index (χ4n) is 2.44. The molecule has 0 heterocycles. The number of hydrogen-bond donors (Lipinski definition) is 1. The molecular weight excluding hydrogens is 316 g/mol. The third-order valence-electron chi connectivity index (χ3n) is 3.28. The van der Waals surface area contributed by atoms with E-state index < -0.39 is 6.10 Å². The van der Waals surface area contributed by atoms with E-state index >= 15 is 0 Å². The quantitative estimate of drug-likeness (QED) is 0.900. The van der Waals surface area contributed by atoms with Gasteiger partial charge in [0.2, 0.25) is 0 Å². The number of aliphatic hydroxyl groups excluding tert-OH is 1. The first-order valence-electron chi connectivity index (χ1n) is 6.58. The molecule has 2 aromatic rings. The molecular formula is C17H19BrO2. The number of aryl methyl sites for hydroxylation is 2. The van der Waals surface area contributed by atoms with Gasteiger partial charge in [0.05, 0.1) is 13.2 Å². The Kier molecular flexibility index (Phi) is 4.84. The van der Waals surface area contributed by atoms with E-state index in [-0.39, 0.29) is 0 Å². The molecule has 2 rings (SSSR count). The Hall–Kier alpha value is -1.32. The molecule has 0 saturated carbocycles. The standard InChI is InChI=1S/C17H19BrO2/c1-11-6-12(2)8-13(7-11)16(19)10-14-9-15(18)4-5-17(14)20-3/h4-9,16,19H,10H2,1-3H3. The SMILES string of the molecule is COc1ccc(Br)cc1CC(O)c1cc(C)cc(C)c1. The summed E-state index contributed by atoms with van der Waals surface area (Å²) < 4.78 is 6.34. The molecule has 1 unspecified atom stereocenters. The van der Waals surface area contributed by atoms with E-state index in [1.807, 2.05) is 44.2 Å². The number of hydrogen-bond acceptors (Lipinski definition) is 2. The van der Waals surface area contributed by atoms with Crippen LogP contribution in [0.3, 0.4) is 0 Å². The van der Waals surface area contributed by atoms with Crippen molar-refractivity contribution >= 4 is 15.9 Å². The first kappa shape index (κ1) is 15.1. The molecule has 0 aliphatic carbocycles. The molecule has 0 amide bonds. The molecule has 0 saturated heterocycles. The number of benzene rings is 2. The lowest BCUT2D eigenvalue weighted by Gasteiger charge is -2.15. The summed E-state index contributed by atoms with van der Waals surface area (Å²) in [6.07, 6.45) is 0.00250. The lowest BCUT2D eigenvalue weighted by molar-refractivity contribution is 0.177. The average Bonchev–Trinajstić information content (AvgIpc) is 2.37.